The molecule has 7 aromatic carbocycles. The molecule has 0 spiro atoms. The molecule has 5 heteroatoms. The van der Waals surface area contributed by atoms with Crippen molar-refractivity contribution in [2.45, 2.75) is 0 Å². The Labute approximate surface area is 278 Å². The van der Waals surface area contributed by atoms with Crippen LogP contribution in [0.15, 0.2) is 176 Å². The van der Waals surface area contributed by atoms with Crippen molar-refractivity contribution in [2.24, 2.45) is 0 Å². The second-order valence-corrected chi connectivity index (χ2v) is 11.7. The maximum Gasteiger partial charge on any atom is 0.238 e. The molecule has 0 fully saturated rings. The van der Waals surface area contributed by atoms with E-state index in [1.54, 1.807) is 0 Å². The van der Waals surface area contributed by atoms with Gasteiger partial charge >= 0.3 is 0 Å². The van der Waals surface area contributed by atoms with Gasteiger partial charge in [-0.25, -0.2) is 4.98 Å². The van der Waals surface area contributed by atoms with Crippen molar-refractivity contribution in [1.82, 2.24) is 19.5 Å². The third-order valence-electron chi connectivity index (χ3n) is 8.84. The fourth-order valence-electron chi connectivity index (χ4n) is 6.69. The normalized spacial score (nSPS) is 11.3. The zero-order valence-electron chi connectivity index (χ0n) is 26.0. The number of rotatable bonds is 6. The molecule has 5 nitrogen and oxygen atoms in total. The molecule has 0 radical (unpaired) electrons. The van der Waals surface area contributed by atoms with E-state index in [1.165, 1.54) is 21.8 Å². The number of aromatic nitrogens is 4. The average Bonchev–Trinajstić information content (AvgIpc) is 3.50. The molecule has 0 N–H and O–H groups in total. The summed E-state index contributed by atoms with van der Waals surface area (Å²) in [7, 11) is 0. The molecule has 9 aromatic rings. The van der Waals surface area contributed by atoms with Crippen molar-refractivity contribution in [1.29, 1.82) is 0 Å². The van der Waals surface area contributed by atoms with Crippen molar-refractivity contribution < 1.29 is 0 Å². The molecule has 9 rings (SSSR count). The second-order valence-electron chi connectivity index (χ2n) is 11.7. The zero-order valence-corrected chi connectivity index (χ0v) is 26.0. The van der Waals surface area contributed by atoms with Crippen molar-refractivity contribution in [3.63, 3.8) is 0 Å². The van der Waals surface area contributed by atoms with E-state index in [9.17, 15) is 0 Å². The Morgan fingerprint density at radius 1 is 0.375 bits per heavy atom. The van der Waals surface area contributed by atoms with Crippen LogP contribution in [0, 0.1) is 0 Å². The van der Waals surface area contributed by atoms with Crippen molar-refractivity contribution >= 4 is 49.9 Å². The number of benzene rings is 7. The van der Waals surface area contributed by atoms with Crippen molar-refractivity contribution in [3.8, 4) is 28.5 Å². The number of fused-ring (bicyclic) bond motifs is 4. The molecular weight excluding hydrogens is 587 g/mol. The number of anilines is 3. The first-order chi connectivity index (χ1) is 23.8. The molecule has 0 saturated heterocycles. The highest BCUT2D eigenvalue weighted by atomic mass is 15.3. The lowest BCUT2D eigenvalue weighted by Gasteiger charge is -2.26. The van der Waals surface area contributed by atoms with E-state index in [0.717, 1.165) is 39.0 Å². The van der Waals surface area contributed by atoms with Crippen LogP contribution in [0.25, 0.3) is 61.0 Å². The van der Waals surface area contributed by atoms with Crippen LogP contribution in [-0.4, -0.2) is 19.5 Å². The van der Waals surface area contributed by atoms with Crippen LogP contribution in [0.5, 0.6) is 0 Å². The fourth-order valence-corrected chi connectivity index (χ4v) is 6.69. The molecule has 0 atom stereocenters. The van der Waals surface area contributed by atoms with Crippen LogP contribution in [0.3, 0.4) is 0 Å². The van der Waals surface area contributed by atoms with Crippen LogP contribution in [0.1, 0.15) is 0 Å². The maximum absolute atomic E-state index is 5.14. The van der Waals surface area contributed by atoms with E-state index in [0.29, 0.717) is 17.6 Å². The Kier molecular flexibility index (Phi) is 6.72. The minimum atomic E-state index is 0.545. The van der Waals surface area contributed by atoms with Gasteiger partial charge in [0.25, 0.3) is 0 Å². The first-order valence-electron chi connectivity index (χ1n) is 16.1. The van der Waals surface area contributed by atoms with Gasteiger partial charge in [0, 0.05) is 38.4 Å². The largest absolute Gasteiger partial charge is 0.309 e. The summed E-state index contributed by atoms with van der Waals surface area (Å²) in [5, 5.41) is 4.69. The van der Waals surface area contributed by atoms with E-state index >= 15 is 0 Å². The van der Waals surface area contributed by atoms with E-state index in [1.807, 2.05) is 78.9 Å². The highest BCUT2D eigenvalue weighted by Crippen LogP contribution is 2.41. The van der Waals surface area contributed by atoms with E-state index in [2.05, 4.69) is 107 Å². The summed E-state index contributed by atoms with van der Waals surface area (Å²) in [6, 6.07) is 60.8. The Bertz CT molecular complexity index is 2450. The van der Waals surface area contributed by atoms with Gasteiger partial charge in [-0.1, -0.05) is 140 Å². The van der Waals surface area contributed by atoms with Crippen molar-refractivity contribution in [3.05, 3.63) is 176 Å². The summed E-state index contributed by atoms with van der Waals surface area (Å²) >= 11 is 0. The van der Waals surface area contributed by atoms with Gasteiger partial charge in [-0.15, -0.1) is 0 Å². The molecule has 2 heterocycles. The third-order valence-corrected chi connectivity index (χ3v) is 8.84. The van der Waals surface area contributed by atoms with Crippen LogP contribution in [0.4, 0.5) is 17.3 Å². The second kappa shape index (κ2) is 11.6. The summed E-state index contributed by atoms with van der Waals surface area (Å²) in [6.07, 6.45) is 0. The van der Waals surface area contributed by atoms with E-state index in [4.69, 9.17) is 15.0 Å². The lowest BCUT2D eigenvalue weighted by atomic mass is 10.0. The van der Waals surface area contributed by atoms with Crippen LogP contribution >= 0.6 is 0 Å². The molecule has 226 valence electrons. The number of hydrogen-bond acceptors (Lipinski definition) is 4. The molecule has 0 amide bonds. The van der Waals surface area contributed by atoms with E-state index in [-0.39, 0.29) is 0 Å². The summed E-state index contributed by atoms with van der Waals surface area (Å²) < 4.78 is 2.38. The molecule has 0 saturated carbocycles. The Hall–Kier alpha value is -6.59. The number of hydrogen-bond donors (Lipinski definition) is 0. The number of nitrogens with zero attached hydrogens (tertiary/aromatic N) is 5. The smallest absolute Gasteiger partial charge is 0.238 e. The Morgan fingerprint density at radius 3 is 1.46 bits per heavy atom. The van der Waals surface area contributed by atoms with E-state index < -0.39 is 0 Å². The summed E-state index contributed by atoms with van der Waals surface area (Å²) in [6.45, 7) is 0. The van der Waals surface area contributed by atoms with Gasteiger partial charge in [-0.2, -0.15) is 9.97 Å². The predicted molar refractivity (Wildman–Crippen MR) is 197 cm³/mol. The minimum Gasteiger partial charge on any atom is -0.309 e. The Morgan fingerprint density at radius 2 is 0.854 bits per heavy atom. The Balaban J connectivity index is 1.32. The van der Waals surface area contributed by atoms with Gasteiger partial charge in [-0.3, -0.25) is 4.90 Å². The monoisotopic (exact) mass is 615 g/mol. The molecule has 48 heavy (non-hydrogen) atoms. The number of para-hydroxylation sites is 3. The average molecular weight is 616 g/mol. The standard InChI is InChI=1S/C43H29N5/c1-4-16-30(17-5-1)41-44-42(31-18-6-2-7-19-31)46-43(45-41)47(32-20-8-3-9-21-32)37-28-14-25-36-35(37)24-15-29-40(36)48-38-26-12-10-22-33(38)34-23-11-13-27-39(34)48/h1-29H. The van der Waals surface area contributed by atoms with Crippen LogP contribution < -0.4 is 4.90 Å². The van der Waals surface area contributed by atoms with Gasteiger partial charge in [0.05, 0.1) is 22.4 Å². The lowest BCUT2D eigenvalue weighted by Crippen LogP contribution is -2.15. The highest BCUT2D eigenvalue weighted by molar-refractivity contribution is 6.11. The zero-order chi connectivity index (χ0) is 31.9. The summed E-state index contributed by atoms with van der Waals surface area (Å²) in [4.78, 5) is 17.4. The molecule has 2 aromatic heterocycles. The van der Waals surface area contributed by atoms with Gasteiger partial charge in [0.2, 0.25) is 5.95 Å². The van der Waals surface area contributed by atoms with Crippen LogP contribution in [0.2, 0.25) is 0 Å². The molecule has 0 aliphatic rings. The fraction of sp³-hybridized carbons (Fsp3) is 0. The SMILES string of the molecule is c1ccc(-c2nc(-c3ccccc3)nc(N(c3ccccc3)c3cccc4c(-n5c6ccccc6c6ccccc65)cccc34)n2)cc1. The molecular formula is C43H29N5. The van der Waals surface area contributed by atoms with Gasteiger partial charge in [-0.05, 0) is 36.4 Å². The topological polar surface area (TPSA) is 46.8 Å². The summed E-state index contributed by atoms with van der Waals surface area (Å²) in [5.74, 6) is 1.78. The predicted octanol–water partition coefficient (Wildman–Crippen LogP) is 10.9. The molecule has 0 bridgehead atoms. The maximum atomic E-state index is 5.14. The lowest BCUT2D eigenvalue weighted by molar-refractivity contribution is 1.02. The summed E-state index contributed by atoms with van der Waals surface area (Å²) in [5.41, 5.74) is 7.26. The third kappa shape index (κ3) is 4.68. The molecule has 0 unspecified atom stereocenters. The first kappa shape index (κ1) is 27.7. The van der Waals surface area contributed by atoms with Gasteiger partial charge < -0.3 is 4.57 Å². The van der Waals surface area contributed by atoms with Gasteiger partial charge in [0.1, 0.15) is 0 Å². The highest BCUT2D eigenvalue weighted by Gasteiger charge is 2.22. The first-order valence-corrected chi connectivity index (χ1v) is 16.1. The molecule has 0 aliphatic carbocycles. The molecule has 0 aliphatic heterocycles. The quantitative estimate of drug-likeness (QED) is 0.187. The minimum absolute atomic E-state index is 0.545. The van der Waals surface area contributed by atoms with Crippen LogP contribution in [-0.2, 0) is 0 Å². The van der Waals surface area contributed by atoms with Gasteiger partial charge in [0.15, 0.2) is 11.6 Å². The van der Waals surface area contributed by atoms with Crippen molar-refractivity contribution in [2.75, 3.05) is 4.90 Å².